The molecule has 12 nitrogen and oxygen atoms in total. The molecule has 2 saturated heterocycles. The number of nitrogens with zero attached hydrogens (tertiary/aromatic N) is 2. The lowest BCUT2D eigenvalue weighted by atomic mass is 9.42. The maximum atomic E-state index is 13.5. The van der Waals surface area contributed by atoms with Crippen LogP contribution in [-0.4, -0.2) is 61.1 Å². The highest BCUT2D eigenvalue weighted by Gasteiger charge is 2.62. The van der Waals surface area contributed by atoms with Crippen LogP contribution in [0, 0.1) is 52.3 Å². The molecule has 386 valence electrons. The number of rotatable bonds is 14. The number of fused-ring (bicyclic) bond motifs is 5. The number of aliphatic hydroxyl groups excluding tert-OH is 1. The summed E-state index contributed by atoms with van der Waals surface area (Å²) in [6.45, 7) is 12.4. The predicted octanol–water partition coefficient (Wildman–Crippen LogP) is 11.2. The van der Waals surface area contributed by atoms with E-state index in [9.17, 15) is 29.1 Å². The number of morpholine rings is 2. The van der Waals surface area contributed by atoms with Crippen molar-refractivity contribution >= 4 is 41.2 Å². The molecule has 0 aromatic heterocycles. The molecule has 73 heavy (non-hydrogen) atoms. The zero-order valence-electron chi connectivity index (χ0n) is 43.2. The molecule has 2 aliphatic heterocycles. The van der Waals surface area contributed by atoms with Gasteiger partial charge in [0.05, 0.1) is 5.56 Å². The van der Waals surface area contributed by atoms with E-state index in [2.05, 4.69) is 68.4 Å². The lowest BCUT2D eigenvalue weighted by molar-refractivity contribution is -0.161. The van der Waals surface area contributed by atoms with Gasteiger partial charge in [0.25, 0.3) is 0 Å². The summed E-state index contributed by atoms with van der Waals surface area (Å²) in [7, 11) is 0. The first-order chi connectivity index (χ1) is 35.0. The number of ether oxygens (including phenoxy) is 4. The van der Waals surface area contributed by atoms with Crippen LogP contribution in [0.2, 0.25) is 0 Å². The van der Waals surface area contributed by atoms with Gasteiger partial charge in [0.15, 0.2) is 0 Å². The molecule has 0 bridgehead atoms. The summed E-state index contributed by atoms with van der Waals surface area (Å²) in [6.07, 6.45) is 13.8. The van der Waals surface area contributed by atoms with Crippen LogP contribution in [0.3, 0.4) is 0 Å². The fourth-order valence-corrected chi connectivity index (χ4v) is 15.2. The monoisotopic (exact) mass is 993 g/mol. The second-order valence-electron chi connectivity index (χ2n) is 23.4. The van der Waals surface area contributed by atoms with Crippen LogP contribution in [0.15, 0.2) is 97.1 Å². The van der Waals surface area contributed by atoms with Gasteiger partial charge < -0.3 is 33.9 Å². The number of hydrogen-bond acceptors (Lipinski definition) is 12. The summed E-state index contributed by atoms with van der Waals surface area (Å²) in [4.78, 5) is 64.2. The minimum Gasteiger partial charge on any atom is -0.461 e. The molecule has 0 radical (unpaired) electrons. The third kappa shape index (κ3) is 10.0. The molecule has 6 aliphatic rings. The van der Waals surface area contributed by atoms with Gasteiger partial charge in [-0.2, -0.15) is 0 Å². The third-order valence-corrected chi connectivity index (χ3v) is 19.0. The maximum Gasteiger partial charge on any atom is 0.343 e. The van der Waals surface area contributed by atoms with Crippen molar-refractivity contribution in [2.75, 3.05) is 36.0 Å². The van der Waals surface area contributed by atoms with Crippen molar-refractivity contribution in [1.82, 2.24) is 0 Å². The Bertz CT molecular complexity index is 2650. The molecule has 4 aromatic rings. The first kappa shape index (κ1) is 50.5. The van der Waals surface area contributed by atoms with Crippen molar-refractivity contribution in [2.45, 2.75) is 123 Å². The number of benzene rings is 4. The first-order valence-electron chi connectivity index (χ1n) is 27.0. The normalized spacial score (nSPS) is 29.9. The van der Waals surface area contributed by atoms with Crippen molar-refractivity contribution in [2.24, 2.45) is 52.3 Å². The van der Waals surface area contributed by atoms with Gasteiger partial charge in [0, 0.05) is 22.4 Å². The van der Waals surface area contributed by atoms with Gasteiger partial charge in [-0.3, -0.25) is 0 Å². The van der Waals surface area contributed by atoms with E-state index < -0.39 is 36.1 Å². The molecule has 12 heteroatoms. The van der Waals surface area contributed by atoms with Gasteiger partial charge in [-0.1, -0.05) is 90.3 Å². The zero-order valence-corrected chi connectivity index (χ0v) is 43.2. The quantitative estimate of drug-likeness (QED) is 0.0555. The number of esters is 5. The highest BCUT2D eigenvalue weighted by atomic mass is 16.6. The van der Waals surface area contributed by atoms with Crippen molar-refractivity contribution in [3.05, 3.63) is 119 Å². The lowest BCUT2D eigenvalue weighted by Crippen LogP contribution is -2.55. The highest BCUT2D eigenvalue weighted by molar-refractivity contribution is 5.96. The summed E-state index contributed by atoms with van der Waals surface area (Å²) in [5, 5.41) is 11.2. The van der Waals surface area contributed by atoms with Crippen molar-refractivity contribution in [3.63, 3.8) is 0 Å². The smallest absolute Gasteiger partial charge is 0.343 e. The minimum absolute atomic E-state index is 0.0290. The maximum absolute atomic E-state index is 13.5. The summed E-state index contributed by atoms with van der Waals surface area (Å²) in [5.41, 5.74) is 4.90. The molecule has 10 unspecified atom stereocenters. The van der Waals surface area contributed by atoms with Crippen molar-refractivity contribution in [1.29, 1.82) is 0 Å². The van der Waals surface area contributed by atoms with Gasteiger partial charge in [-0.05, 0) is 182 Å². The number of cyclic esters (lactones) is 4. The summed E-state index contributed by atoms with van der Waals surface area (Å²) in [6, 6.07) is 29.9. The summed E-state index contributed by atoms with van der Waals surface area (Å²) in [5.74, 6) is 3.26. The second kappa shape index (κ2) is 20.4. The molecule has 6 fully saturated rings. The fraction of sp³-hybridized carbons (Fsp3) is 0.525. The Morgan fingerprint density at radius 1 is 0.630 bits per heavy atom. The van der Waals surface area contributed by atoms with Gasteiger partial charge in [-0.15, -0.1) is 0 Å². The SMILES string of the molecule is CC(C)CCCC(C)C1CCC2C3CCC4CC(c5ccc(OC(=O)c6ccc(N7CC(=O)OC(=O)C7)cc6)cc5)(c5ccc(OC(O)c6ccc(N7CC(=O)OC(=O)C7)cc6)cc5)CCC4(C)C3CCC12C. The molecular formula is C61H72N2O10. The Labute approximate surface area is 430 Å². The Morgan fingerprint density at radius 2 is 1.18 bits per heavy atom. The van der Waals surface area contributed by atoms with E-state index in [0.717, 1.165) is 54.8 Å². The number of anilines is 2. The number of aliphatic hydroxyl groups is 1. The Morgan fingerprint density at radius 3 is 1.75 bits per heavy atom. The van der Waals surface area contributed by atoms with E-state index in [1.54, 1.807) is 58.3 Å². The van der Waals surface area contributed by atoms with Crippen molar-refractivity contribution < 1.29 is 48.0 Å². The summed E-state index contributed by atoms with van der Waals surface area (Å²) < 4.78 is 21.4. The zero-order chi connectivity index (χ0) is 51.2. The molecule has 0 spiro atoms. The van der Waals surface area contributed by atoms with Crippen LogP contribution >= 0.6 is 0 Å². The molecule has 4 aromatic carbocycles. The highest BCUT2D eigenvalue weighted by Crippen LogP contribution is 2.70. The van der Waals surface area contributed by atoms with E-state index >= 15 is 0 Å². The van der Waals surface area contributed by atoms with Gasteiger partial charge in [-0.25, -0.2) is 24.0 Å². The van der Waals surface area contributed by atoms with Crippen LogP contribution < -0.4 is 19.3 Å². The van der Waals surface area contributed by atoms with E-state index in [1.165, 1.54) is 68.9 Å². The topological polar surface area (TPSA) is 149 Å². The molecule has 10 atom stereocenters. The molecule has 2 heterocycles. The predicted molar refractivity (Wildman–Crippen MR) is 277 cm³/mol. The summed E-state index contributed by atoms with van der Waals surface area (Å²) >= 11 is 0. The molecule has 4 aliphatic carbocycles. The number of carbonyl (C=O) groups excluding carboxylic acids is 5. The molecule has 4 saturated carbocycles. The fourth-order valence-electron chi connectivity index (χ4n) is 15.2. The molecule has 0 amide bonds. The van der Waals surface area contributed by atoms with Crippen LogP contribution in [0.25, 0.3) is 0 Å². The second-order valence-corrected chi connectivity index (χ2v) is 23.4. The molecule has 1 N–H and O–H groups in total. The Kier molecular flexibility index (Phi) is 14.1. The molecule has 10 rings (SSSR count). The Hall–Kier alpha value is -6.01. The number of hydrogen-bond donors (Lipinski definition) is 1. The van der Waals surface area contributed by atoms with E-state index in [-0.39, 0.29) is 37.0 Å². The average molecular weight is 993 g/mol. The van der Waals surface area contributed by atoms with Gasteiger partial charge >= 0.3 is 29.8 Å². The number of carbonyl (C=O) groups is 5. The lowest BCUT2D eigenvalue weighted by Gasteiger charge is -2.63. The first-order valence-corrected chi connectivity index (χ1v) is 27.0. The standard InChI is InChI=1S/C61H72N2O10/c1-38(2)7-6-8-39(3)50-27-28-51-49-26-17-44-33-61(32-31-59(44,4)52(49)29-30-60(50,51)5,42-13-22-47(23-14-42)70-57(68)40-9-18-45(19-10-40)62-34-53(64)72-54(65)35-62)43-15-24-48(25-16-43)71-58(69)41-11-20-46(21-12-41)63-36-55(66)73-56(67)37-63/h9-16,18-25,38-39,44,49-52,57,68H,6-8,17,26-37H2,1-5H3. The van der Waals surface area contributed by atoms with Crippen LogP contribution in [0.4, 0.5) is 11.4 Å². The molecular weight excluding hydrogens is 921 g/mol. The third-order valence-electron chi connectivity index (χ3n) is 19.0. The van der Waals surface area contributed by atoms with E-state index in [4.69, 9.17) is 9.47 Å². The largest absolute Gasteiger partial charge is 0.461 e. The van der Waals surface area contributed by atoms with Crippen molar-refractivity contribution in [3.8, 4) is 11.5 Å². The minimum atomic E-state index is -1.25. The van der Waals surface area contributed by atoms with Crippen LogP contribution in [-0.2, 0) is 34.1 Å². The Balaban J connectivity index is 0.872. The van der Waals surface area contributed by atoms with Gasteiger partial charge in [0.1, 0.15) is 37.7 Å². The van der Waals surface area contributed by atoms with Crippen LogP contribution in [0.5, 0.6) is 11.5 Å². The van der Waals surface area contributed by atoms with Gasteiger partial charge in [0.2, 0.25) is 6.29 Å². The van der Waals surface area contributed by atoms with E-state index in [0.29, 0.717) is 45.3 Å². The van der Waals surface area contributed by atoms with E-state index in [1.807, 2.05) is 24.3 Å². The average Bonchev–Trinajstić information content (AvgIpc) is 3.73. The van der Waals surface area contributed by atoms with Crippen LogP contribution in [0.1, 0.15) is 145 Å².